The van der Waals surface area contributed by atoms with Crippen molar-refractivity contribution in [2.45, 2.75) is 13.0 Å². The van der Waals surface area contributed by atoms with Crippen molar-refractivity contribution in [2.24, 2.45) is 0 Å². The van der Waals surface area contributed by atoms with E-state index in [1.165, 1.54) is 31.4 Å². The van der Waals surface area contributed by atoms with Crippen molar-refractivity contribution in [3.05, 3.63) is 59.7 Å². The van der Waals surface area contributed by atoms with Gasteiger partial charge in [0.2, 0.25) is 0 Å². The van der Waals surface area contributed by atoms with E-state index in [9.17, 15) is 18.0 Å². The SMILES string of the molecule is COc1ccc(C(=O)Oc2ccc(COC(F)(F)F)cc2)cc1. The minimum absolute atomic E-state index is 0.224. The molecule has 0 fully saturated rings. The van der Waals surface area contributed by atoms with Crippen molar-refractivity contribution < 1.29 is 32.2 Å². The van der Waals surface area contributed by atoms with Gasteiger partial charge in [-0.2, -0.15) is 0 Å². The number of alkyl halides is 3. The van der Waals surface area contributed by atoms with Crippen molar-refractivity contribution in [1.82, 2.24) is 0 Å². The molecule has 0 saturated carbocycles. The third-order valence-electron chi connectivity index (χ3n) is 2.86. The zero-order chi connectivity index (χ0) is 16.9. The molecule has 2 aromatic carbocycles. The molecule has 0 amide bonds. The Hall–Kier alpha value is -2.54. The van der Waals surface area contributed by atoms with Crippen LogP contribution >= 0.6 is 0 Å². The topological polar surface area (TPSA) is 44.8 Å². The highest BCUT2D eigenvalue weighted by atomic mass is 19.4. The quantitative estimate of drug-likeness (QED) is 0.616. The molecule has 2 rings (SSSR count). The molecular weight excluding hydrogens is 313 g/mol. The van der Waals surface area contributed by atoms with Crippen molar-refractivity contribution in [3.63, 3.8) is 0 Å². The predicted octanol–water partition coefficient (Wildman–Crippen LogP) is 3.95. The van der Waals surface area contributed by atoms with Gasteiger partial charge in [0, 0.05) is 0 Å². The number of methoxy groups -OCH3 is 1. The molecule has 0 N–H and O–H groups in total. The Morgan fingerprint density at radius 1 is 0.957 bits per heavy atom. The van der Waals surface area contributed by atoms with Crippen LogP contribution < -0.4 is 9.47 Å². The summed E-state index contributed by atoms with van der Waals surface area (Å²) >= 11 is 0. The Bertz CT molecular complexity index is 649. The highest BCUT2D eigenvalue weighted by Gasteiger charge is 2.28. The van der Waals surface area contributed by atoms with Crippen LogP contribution in [0.25, 0.3) is 0 Å². The van der Waals surface area contributed by atoms with Gasteiger partial charge in [-0.25, -0.2) is 4.79 Å². The largest absolute Gasteiger partial charge is 0.522 e. The number of benzene rings is 2. The Balaban J connectivity index is 1.95. The summed E-state index contributed by atoms with van der Waals surface area (Å²) in [6, 6.07) is 11.9. The number of carbonyl (C=O) groups is 1. The van der Waals surface area contributed by atoms with Gasteiger partial charge >= 0.3 is 12.3 Å². The van der Waals surface area contributed by atoms with Gasteiger partial charge in [0.25, 0.3) is 0 Å². The van der Waals surface area contributed by atoms with E-state index in [0.29, 0.717) is 16.9 Å². The second-order valence-electron chi connectivity index (χ2n) is 4.50. The Morgan fingerprint density at radius 2 is 1.52 bits per heavy atom. The normalized spacial score (nSPS) is 11.1. The Morgan fingerprint density at radius 3 is 2.04 bits per heavy atom. The monoisotopic (exact) mass is 326 g/mol. The fourth-order valence-corrected chi connectivity index (χ4v) is 1.71. The van der Waals surface area contributed by atoms with Gasteiger partial charge in [-0.3, -0.25) is 4.74 Å². The predicted molar refractivity (Wildman–Crippen MR) is 75.2 cm³/mol. The number of carbonyl (C=O) groups excluding carboxylic acids is 1. The number of ether oxygens (including phenoxy) is 3. The van der Waals surface area contributed by atoms with Crippen LogP contribution in [0.5, 0.6) is 11.5 Å². The molecule has 0 aromatic heterocycles. The summed E-state index contributed by atoms with van der Waals surface area (Å²) in [5.74, 6) is 0.254. The molecule has 0 spiro atoms. The molecule has 2 aromatic rings. The number of rotatable bonds is 5. The van der Waals surface area contributed by atoms with E-state index < -0.39 is 18.9 Å². The average molecular weight is 326 g/mol. The standard InChI is InChI=1S/C16H13F3O4/c1-21-13-8-4-12(5-9-13)15(20)23-14-6-2-11(3-7-14)10-22-16(17,18)19/h2-9H,10H2,1H3. The molecule has 0 aliphatic rings. The first-order valence-electron chi connectivity index (χ1n) is 6.53. The van der Waals surface area contributed by atoms with Crippen molar-refractivity contribution in [1.29, 1.82) is 0 Å². The van der Waals surface area contributed by atoms with E-state index in [0.717, 1.165) is 0 Å². The Kier molecular flexibility index (Phi) is 5.23. The minimum Gasteiger partial charge on any atom is -0.497 e. The zero-order valence-corrected chi connectivity index (χ0v) is 12.1. The first-order valence-corrected chi connectivity index (χ1v) is 6.53. The van der Waals surface area contributed by atoms with Gasteiger partial charge in [0.1, 0.15) is 11.5 Å². The molecule has 0 aliphatic carbocycles. The lowest BCUT2D eigenvalue weighted by Gasteiger charge is -2.08. The number of halogens is 3. The lowest BCUT2D eigenvalue weighted by atomic mass is 10.2. The van der Waals surface area contributed by atoms with Crippen LogP contribution in [-0.4, -0.2) is 19.4 Å². The molecule has 0 aliphatic heterocycles. The maximum atomic E-state index is 11.9. The highest BCUT2D eigenvalue weighted by molar-refractivity contribution is 5.91. The minimum atomic E-state index is -4.68. The third kappa shape index (κ3) is 5.30. The zero-order valence-electron chi connectivity index (χ0n) is 12.1. The molecule has 0 unspecified atom stereocenters. The molecule has 0 radical (unpaired) electrons. The molecule has 122 valence electrons. The van der Waals surface area contributed by atoms with Crippen LogP contribution in [0.3, 0.4) is 0 Å². The average Bonchev–Trinajstić information content (AvgIpc) is 2.53. The number of esters is 1. The maximum absolute atomic E-state index is 11.9. The van der Waals surface area contributed by atoms with E-state index in [4.69, 9.17) is 9.47 Å². The van der Waals surface area contributed by atoms with Gasteiger partial charge in [-0.05, 0) is 42.0 Å². The first kappa shape index (κ1) is 16.8. The number of hydrogen-bond acceptors (Lipinski definition) is 4. The molecule has 7 heteroatoms. The van der Waals surface area contributed by atoms with Crippen molar-refractivity contribution in [3.8, 4) is 11.5 Å². The maximum Gasteiger partial charge on any atom is 0.522 e. The summed E-state index contributed by atoms with van der Waals surface area (Å²) in [6.45, 7) is -0.601. The summed E-state index contributed by atoms with van der Waals surface area (Å²) < 4.78 is 49.6. The second-order valence-corrected chi connectivity index (χ2v) is 4.50. The van der Waals surface area contributed by atoms with E-state index in [1.807, 2.05) is 0 Å². The van der Waals surface area contributed by atoms with Crippen LogP contribution in [0.4, 0.5) is 13.2 Å². The van der Waals surface area contributed by atoms with E-state index in [2.05, 4.69) is 4.74 Å². The van der Waals surface area contributed by atoms with Crippen molar-refractivity contribution in [2.75, 3.05) is 7.11 Å². The fourth-order valence-electron chi connectivity index (χ4n) is 1.71. The number of hydrogen-bond donors (Lipinski definition) is 0. The summed E-state index contributed by atoms with van der Waals surface area (Å²) in [4.78, 5) is 11.9. The summed E-state index contributed by atoms with van der Waals surface area (Å²) in [5, 5.41) is 0. The third-order valence-corrected chi connectivity index (χ3v) is 2.86. The van der Waals surface area contributed by atoms with Crippen LogP contribution in [0.2, 0.25) is 0 Å². The lowest BCUT2D eigenvalue weighted by Crippen LogP contribution is -2.13. The second kappa shape index (κ2) is 7.15. The summed E-state index contributed by atoms with van der Waals surface area (Å²) in [7, 11) is 1.51. The molecule has 0 bridgehead atoms. The molecule has 0 saturated heterocycles. The van der Waals surface area contributed by atoms with Crippen LogP contribution in [0, 0.1) is 0 Å². The smallest absolute Gasteiger partial charge is 0.497 e. The first-order chi connectivity index (χ1) is 10.9. The van der Waals surface area contributed by atoms with Gasteiger partial charge < -0.3 is 9.47 Å². The van der Waals surface area contributed by atoms with Gasteiger partial charge in [-0.1, -0.05) is 12.1 Å². The van der Waals surface area contributed by atoms with E-state index in [-0.39, 0.29) is 5.75 Å². The van der Waals surface area contributed by atoms with Gasteiger partial charge in [-0.15, -0.1) is 13.2 Å². The van der Waals surface area contributed by atoms with Gasteiger partial charge in [0.15, 0.2) is 0 Å². The lowest BCUT2D eigenvalue weighted by molar-refractivity contribution is -0.330. The highest BCUT2D eigenvalue weighted by Crippen LogP contribution is 2.21. The molecular formula is C16H13F3O4. The van der Waals surface area contributed by atoms with Crippen LogP contribution in [0.15, 0.2) is 48.5 Å². The van der Waals surface area contributed by atoms with Gasteiger partial charge in [0.05, 0.1) is 19.3 Å². The summed E-state index contributed by atoms with van der Waals surface area (Å²) in [6.07, 6.45) is -4.68. The van der Waals surface area contributed by atoms with E-state index >= 15 is 0 Å². The molecule has 4 nitrogen and oxygen atoms in total. The Labute approximate surface area is 130 Å². The molecule has 23 heavy (non-hydrogen) atoms. The summed E-state index contributed by atoms with van der Waals surface area (Å²) in [5.41, 5.74) is 0.641. The molecule has 0 atom stereocenters. The van der Waals surface area contributed by atoms with Crippen LogP contribution in [-0.2, 0) is 11.3 Å². The van der Waals surface area contributed by atoms with Crippen LogP contribution in [0.1, 0.15) is 15.9 Å². The van der Waals surface area contributed by atoms with Crippen molar-refractivity contribution >= 4 is 5.97 Å². The fraction of sp³-hybridized carbons (Fsp3) is 0.188. The van der Waals surface area contributed by atoms with E-state index in [1.54, 1.807) is 24.3 Å². The molecule has 0 heterocycles.